The molecule has 0 aliphatic heterocycles. The number of aromatic nitrogens is 1. The molecule has 1 heterocycles. The molecule has 9 nitrogen and oxygen atoms in total. The topological polar surface area (TPSA) is 125 Å². The number of rotatable bonds is 6. The van der Waals surface area contributed by atoms with Gasteiger partial charge in [0.2, 0.25) is 5.88 Å². The van der Waals surface area contributed by atoms with Gasteiger partial charge in [0.1, 0.15) is 6.54 Å². The largest absolute Gasteiger partial charge is 0.493 e. The van der Waals surface area contributed by atoms with Crippen LogP contribution in [0.5, 0.6) is 17.4 Å². The van der Waals surface area contributed by atoms with Crippen LogP contribution in [0, 0.1) is 0 Å². The maximum absolute atomic E-state index is 12.2. The van der Waals surface area contributed by atoms with Crippen molar-refractivity contribution in [3.8, 4) is 17.4 Å². The highest BCUT2D eigenvalue weighted by atomic mass is 16.5. The van der Waals surface area contributed by atoms with Crippen LogP contribution in [0.4, 0.5) is 5.69 Å². The van der Waals surface area contributed by atoms with Gasteiger partial charge >= 0.3 is 0 Å². The number of amides is 2. The van der Waals surface area contributed by atoms with Gasteiger partial charge in [-0.05, 0) is 24.3 Å². The Morgan fingerprint density at radius 2 is 1.86 bits per heavy atom. The van der Waals surface area contributed by atoms with E-state index in [-0.39, 0.29) is 18.1 Å². The predicted octanol–water partition coefficient (Wildman–Crippen LogP) is 2.93. The second-order valence-corrected chi connectivity index (χ2v) is 5.71. The van der Waals surface area contributed by atoms with E-state index in [0.29, 0.717) is 28.0 Å². The van der Waals surface area contributed by atoms with Crippen LogP contribution in [0.25, 0.3) is 10.9 Å². The number of H-pyrrole nitrogens is 1. The van der Waals surface area contributed by atoms with Crippen LogP contribution in [-0.4, -0.2) is 42.7 Å². The normalized spacial score (nSPS) is 10.9. The van der Waals surface area contributed by atoms with Gasteiger partial charge in [0.05, 0.1) is 19.7 Å². The molecule has 3 aromatic rings. The zero-order valence-electron chi connectivity index (χ0n) is 15.2. The van der Waals surface area contributed by atoms with E-state index < -0.39 is 11.8 Å². The van der Waals surface area contributed by atoms with Crippen molar-refractivity contribution in [2.75, 3.05) is 20.8 Å². The maximum atomic E-state index is 12.2. The van der Waals surface area contributed by atoms with Gasteiger partial charge in [0, 0.05) is 10.9 Å². The Morgan fingerprint density at radius 1 is 1.11 bits per heavy atom. The number of hydrogen-bond donors (Lipinski definition) is 3. The molecule has 3 N–H and O–H groups in total. The summed E-state index contributed by atoms with van der Waals surface area (Å²) in [5, 5.41) is 20.3. The highest BCUT2D eigenvalue weighted by Gasteiger charge is 2.13. The number of carbonyl (C=O) groups is 2. The first-order valence-electron chi connectivity index (χ1n) is 8.28. The van der Waals surface area contributed by atoms with Gasteiger partial charge < -0.3 is 24.9 Å². The lowest BCUT2D eigenvalue weighted by molar-refractivity contribution is -0.117. The molecule has 0 bridgehead atoms. The van der Waals surface area contributed by atoms with Crippen LogP contribution >= 0.6 is 0 Å². The van der Waals surface area contributed by atoms with E-state index in [4.69, 9.17) is 9.47 Å². The molecule has 144 valence electrons. The minimum atomic E-state index is -0.668. The monoisotopic (exact) mass is 382 g/mol. The number of methoxy groups -OCH3 is 2. The van der Waals surface area contributed by atoms with Crippen LogP contribution in [0.1, 0.15) is 10.4 Å². The first-order valence-corrected chi connectivity index (χ1v) is 8.28. The van der Waals surface area contributed by atoms with Gasteiger partial charge in [0.25, 0.3) is 11.8 Å². The Bertz CT molecular complexity index is 1060. The lowest BCUT2D eigenvalue weighted by Crippen LogP contribution is -2.28. The zero-order chi connectivity index (χ0) is 20.1. The fourth-order valence-electron chi connectivity index (χ4n) is 2.59. The Kier molecular flexibility index (Phi) is 5.54. The number of nitrogens with zero attached hydrogens (tertiary/aromatic N) is 2. The molecule has 2 aromatic carbocycles. The summed E-state index contributed by atoms with van der Waals surface area (Å²) in [4.78, 5) is 26.9. The second kappa shape index (κ2) is 8.21. The summed E-state index contributed by atoms with van der Waals surface area (Å²) in [6, 6.07) is 11.7. The molecule has 0 atom stereocenters. The van der Waals surface area contributed by atoms with E-state index >= 15 is 0 Å². The highest BCUT2D eigenvalue weighted by molar-refractivity contribution is 5.97. The molecule has 0 fully saturated rings. The van der Waals surface area contributed by atoms with E-state index in [9.17, 15) is 14.7 Å². The number of azo groups is 1. The van der Waals surface area contributed by atoms with E-state index in [2.05, 4.69) is 20.5 Å². The van der Waals surface area contributed by atoms with Gasteiger partial charge in [0.15, 0.2) is 17.2 Å². The fourth-order valence-corrected chi connectivity index (χ4v) is 2.59. The summed E-state index contributed by atoms with van der Waals surface area (Å²) in [5.74, 6) is -0.441. The Hall–Kier alpha value is -3.88. The number of benzene rings is 2. The molecule has 0 saturated heterocycles. The molecular formula is C19H18N4O5. The molecule has 0 radical (unpaired) electrons. The average Bonchev–Trinajstić information content (AvgIpc) is 3.04. The molecule has 3 rings (SSSR count). The molecule has 1 aromatic heterocycles. The third-order valence-corrected chi connectivity index (χ3v) is 3.97. The predicted molar refractivity (Wildman–Crippen MR) is 101 cm³/mol. The number of fused-ring (bicyclic) bond motifs is 1. The van der Waals surface area contributed by atoms with Crippen molar-refractivity contribution < 1.29 is 24.2 Å². The standard InChI is InChI=1S/C19H18N4O5/c1-27-14-8-7-11(9-15(14)28-2)18(25)20-10-16(24)22-23-17-12-5-3-4-6-13(12)21-19(17)26/h3-9,21,26H,10H2,1-2H3,(H,20,25). The number of para-hydroxylation sites is 1. The molecule has 0 aliphatic rings. The number of aromatic amines is 1. The minimum Gasteiger partial charge on any atom is -0.493 e. The summed E-state index contributed by atoms with van der Waals surface area (Å²) in [7, 11) is 2.95. The van der Waals surface area contributed by atoms with E-state index in [1.165, 1.54) is 20.3 Å². The first-order chi connectivity index (χ1) is 13.5. The van der Waals surface area contributed by atoms with Crippen LogP contribution < -0.4 is 14.8 Å². The smallest absolute Gasteiger partial charge is 0.283 e. The molecule has 0 spiro atoms. The second-order valence-electron chi connectivity index (χ2n) is 5.71. The van der Waals surface area contributed by atoms with Gasteiger partial charge in [-0.25, -0.2) is 0 Å². The van der Waals surface area contributed by atoms with Crippen molar-refractivity contribution >= 4 is 28.4 Å². The third-order valence-electron chi connectivity index (χ3n) is 3.97. The average molecular weight is 382 g/mol. The van der Waals surface area contributed by atoms with E-state index in [0.717, 1.165) is 0 Å². The van der Waals surface area contributed by atoms with Crippen LogP contribution in [0.2, 0.25) is 0 Å². The highest BCUT2D eigenvalue weighted by Crippen LogP contribution is 2.35. The lowest BCUT2D eigenvalue weighted by Gasteiger charge is -2.09. The number of ether oxygens (including phenoxy) is 2. The van der Waals surface area contributed by atoms with E-state index in [1.54, 1.807) is 36.4 Å². The Balaban J connectivity index is 1.64. The van der Waals surface area contributed by atoms with Crippen molar-refractivity contribution in [2.24, 2.45) is 10.2 Å². The van der Waals surface area contributed by atoms with Gasteiger partial charge in [-0.2, -0.15) is 0 Å². The molecular weight excluding hydrogens is 364 g/mol. The maximum Gasteiger partial charge on any atom is 0.283 e. The van der Waals surface area contributed by atoms with E-state index in [1.807, 2.05) is 0 Å². The fraction of sp³-hybridized carbons (Fsp3) is 0.158. The Morgan fingerprint density at radius 3 is 2.61 bits per heavy atom. The molecule has 2 amide bonds. The molecule has 0 unspecified atom stereocenters. The van der Waals surface area contributed by atoms with Crippen LogP contribution in [0.15, 0.2) is 52.7 Å². The quantitative estimate of drug-likeness (QED) is 0.565. The number of hydrogen-bond acceptors (Lipinski definition) is 6. The molecule has 0 aliphatic carbocycles. The summed E-state index contributed by atoms with van der Waals surface area (Å²) >= 11 is 0. The molecule has 9 heteroatoms. The van der Waals surface area contributed by atoms with Crippen molar-refractivity contribution in [1.29, 1.82) is 0 Å². The van der Waals surface area contributed by atoms with Crippen LogP contribution in [-0.2, 0) is 4.79 Å². The first kappa shape index (κ1) is 18.9. The molecule has 28 heavy (non-hydrogen) atoms. The zero-order valence-corrected chi connectivity index (χ0v) is 15.2. The van der Waals surface area contributed by atoms with Crippen molar-refractivity contribution in [2.45, 2.75) is 0 Å². The van der Waals surface area contributed by atoms with Gasteiger partial charge in [-0.3, -0.25) is 9.59 Å². The van der Waals surface area contributed by atoms with Crippen molar-refractivity contribution in [1.82, 2.24) is 10.3 Å². The van der Waals surface area contributed by atoms with Gasteiger partial charge in [-0.15, -0.1) is 10.2 Å². The van der Waals surface area contributed by atoms with Crippen molar-refractivity contribution in [3.05, 3.63) is 48.0 Å². The lowest BCUT2D eigenvalue weighted by atomic mass is 10.2. The Labute approximate surface area is 160 Å². The summed E-state index contributed by atoms with van der Waals surface area (Å²) in [6.45, 7) is -0.347. The minimum absolute atomic E-state index is 0.162. The summed E-state index contributed by atoms with van der Waals surface area (Å²) in [6.07, 6.45) is 0. The molecule has 0 saturated carbocycles. The summed E-state index contributed by atoms with van der Waals surface area (Å²) < 4.78 is 10.3. The number of aromatic hydroxyl groups is 1. The third kappa shape index (κ3) is 3.93. The number of nitrogens with one attached hydrogen (secondary N) is 2. The van der Waals surface area contributed by atoms with Gasteiger partial charge in [-0.1, -0.05) is 18.2 Å². The SMILES string of the molecule is COc1ccc(C(=O)NCC(=O)N=Nc2c(O)[nH]c3ccccc23)cc1OC. The number of carbonyl (C=O) groups excluding carboxylic acids is 2. The van der Waals surface area contributed by atoms with Crippen LogP contribution in [0.3, 0.4) is 0 Å². The van der Waals surface area contributed by atoms with Crippen molar-refractivity contribution in [3.63, 3.8) is 0 Å². The summed E-state index contributed by atoms with van der Waals surface area (Å²) in [5.41, 5.74) is 1.13.